The van der Waals surface area contributed by atoms with Crippen molar-refractivity contribution in [2.24, 2.45) is 17.6 Å². The molecule has 0 radical (unpaired) electrons. The highest BCUT2D eigenvalue weighted by Gasteiger charge is 2.45. The predicted molar refractivity (Wildman–Crippen MR) is 55.4 cm³/mol. The van der Waals surface area contributed by atoms with E-state index in [-0.39, 0.29) is 17.6 Å². The van der Waals surface area contributed by atoms with Crippen molar-refractivity contribution in [1.29, 1.82) is 5.26 Å². The lowest BCUT2D eigenvalue weighted by Crippen LogP contribution is -2.24. The quantitative estimate of drug-likeness (QED) is 0.717. The summed E-state index contributed by atoms with van der Waals surface area (Å²) in [5, 5.41) is 9.11. The minimum atomic E-state index is -0.0799. The molecule has 16 heavy (non-hydrogen) atoms. The number of ether oxygens (including phenoxy) is 1. The molecular formula is C12H12N2O2. The Morgan fingerprint density at radius 2 is 2.12 bits per heavy atom. The van der Waals surface area contributed by atoms with Crippen molar-refractivity contribution in [3.63, 3.8) is 0 Å². The number of hydrogen-bond acceptors (Lipinski definition) is 4. The van der Waals surface area contributed by atoms with E-state index in [1.54, 1.807) is 0 Å². The highest BCUT2D eigenvalue weighted by atomic mass is 16.5. The number of hydrogen-bond donors (Lipinski definition) is 1. The van der Waals surface area contributed by atoms with E-state index in [4.69, 9.17) is 15.7 Å². The molecule has 1 aliphatic heterocycles. The van der Waals surface area contributed by atoms with Crippen LogP contribution >= 0.6 is 0 Å². The summed E-state index contributed by atoms with van der Waals surface area (Å²) in [4.78, 5) is 11.8. The van der Waals surface area contributed by atoms with Gasteiger partial charge in [-0.05, 0) is 18.8 Å². The number of carbonyl (C=O) groups is 1. The normalized spacial score (nSPS) is 28.9. The molecule has 1 atom stereocenters. The number of carbonyl (C=O) groups excluding carboxylic acids is 1. The molecule has 3 rings (SSSR count). The number of nitrogens with two attached hydrogens (primary N) is 1. The van der Waals surface area contributed by atoms with Crippen LogP contribution in [0.5, 0.6) is 0 Å². The molecule has 1 fully saturated rings. The van der Waals surface area contributed by atoms with Gasteiger partial charge in [-0.15, -0.1) is 0 Å². The highest BCUT2D eigenvalue weighted by molar-refractivity contribution is 5.99. The van der Waals surface area contributed by atoms with Gasteiger partial charge in [0.1, 0.15) is 11.8 Å². The SMILES string of the molecule is N#CC1=C(N)OC2=C(C(=O)CC2)C1C1CC1. The minimum Gasteiger partial charge on any atom is -0.444 e. The molecule has 0 aromatic heterocycles. The number of allylic oxidation sites excluding steroid dienone is 3. The number of ketones is 1. The zero-order valence-corrected chi connectivity index (χ0v) is 8.82. The van der Waals surface area contributed by atoms with Crippen molar-refractivity contribution in [3.8, 4) is 6.07 Å². The number of Topliss-reactive ketones (excluding diaryl/α,β-unsaturated/α-hetero) is 1. The van der Waals surface area contributed by atoms with Gasteiger partial charge in [-0.3, -0.25) is 4.79 Å². The molecule has 2 aliphatic carbocycles. The summed E-state index contributed by atoms with van der Waals surface area (Å²) in [5.74, 6) is 1.38. The zero-order chi connectivity index (χ0) is 11.3. The first-order valence-electron chi connectivity index (χ1n) is 5.56. The lowest BCUT2D eigenvalue weighted by molar-refractivity contribution is -0.115. The Bertz CT molecular complexity index is 478. The molecule has 2 N–H and O–H groups in total. The van der Waals surface area contributed by atoms with Crippen LogP contribution in [-0.2, 0) is 9.53 Å². The predicted octanol–water partition coefficient (Wildman–Crippen LogP) is 1.35. The molecule has 1 saturated carbocycles. The van der Waals surface area contributed by atoms with E-state index in [1.165, 1.54) is 0 Å². The van der Waals surface area contributed by atoms with Crippen molar-refractivity contribution < 1.29 is 9.53 Å². The van der Waals surface area contributed by atoms with E-state index in [2.05, 4.69) is 6.07 Å². The molecule has 4 nitrogen and oxygen atoms in total. The third kappa shape index (κ3) is 1.18. The topological polar surface area (TPSA) is 76.1 Å². The number of nitrogens with zero attached hydrogens (tertiary/aromatic N) is 1. The Balaban J connectivity index is 2.08. The molecule has 3 aliphatic rings. The summed E-state index contributed by atoms with van der Waals surface area (Å²) >= 11 is 0. The van der Waals surface area contributed by atoms with Crippen LogP contribution in [0.2, 0.25) is 0 Å². The van der Waals surface area contributed by atoms with Gasteiger partial charge in [0, 0.05) is 24.3 Å². The second-order valence-corrected chi connectivity index (χ2v) is 4.57. The maximum atomic E-state index is 11.8. The van der Waals surface area contributed by atoms with Crippen LogP contribution in [0.3, 0.4) is 0 Å². The molecule has 0 spiro atoms. The van der Waals surface area contributed by atoms with Gasteiger partial charge in [-0.25, -0.2) is 0 Å². The van der Waals surface area contributed by atoms with Gasteiger partial charge in [-0.1, -0.05) is 0 Å². The standard InChI is InChI=1S/C12H12N2O2/c13-5-7-10(6-1-2-6)11-8(15)3-4-9(11)16-12(7)14/h6,10H,1-4,14H2. The van der Waals surface area contributed by atoms with E-state index in [1.807, 2.05) is 0 Å². The molecule has 4 heteroatoms. The number of nitriles is 1. The van der Waals surface area contributed by atoms with Gasteiger partial charge < -0.3 is 10.5 Å². The summed E-state index contributed by atoms with van der Waals surface area (Å²) in [6.07, 6.45) is 3.29. The van der Waals surface area contributed by atoms with Gasteiger partial charge in [0.15, 0.2) is 5.78 Å². The van der Waals surface area contributed by atoms with E-state index < -0.39 is 0 Å². The zero-order valence-electron chi connectivity index (χ0n) is 8.82. The second-order valence-electron chi connectivity index (χ2n) is 4.57. The lowest BCUT2D eigenvalue weighted by Gasteiger charge is -2.24. The maximum absolute atomic E-state index is 11.8. The minimum absolute atomic E-state index is 0.0799. The van der Waals surface area contributed by atoms with Crippen LogP contribution in [0, 0.1) is 23.2 Å². The van der Waals surface area contributed by atoms with Crippen LogP contribution in [0.15, 0.2) is 22.8 Å². The lowest BCUT2D eigenvalue weighted by atomic mass is 9.85. The summed E-state index contributed by atoms with van der Waals surface area (Å²) in [6.45, 7) is 0. The van der Waals surface area contributed by atoms with Gasteiger partial charge in [0.2, 0.25) is 5.88 Å². The molecule has 1 unspecified atom stereocenters. The summed E-state index contributed by atoms with van der Waals surface area (Å²) in [5.41, 5.74) is 6.92. The van der Waals surface area contributed by atoms with Crippen LogP contribution in [0.4, 0.5) is 0 Å². The van der Waals surface area contributed by atoms with Crippen molar-refractivity contribution in [3.05, 3.63) is 22.8 Å². The Morgan fingerprint density at radius 1 is 1.38 bits per heavy atom. The molecule has 0 aromatic carbocycles. The first-order valence-corrected chi connectivity index (χ1v) is 5.56. The van der Waals surface area contributed by atoms with E-state index in [9.17, 15) is 4.79 Å². The molecule has 1 heterocycles. The molecule has 0 bridgehead atoms. The maximum Gasteiger partial charge on any atom is 0.204 e. The molecule has 0 amide bonds. The van der Waals surface area contributed by atoms with Gasteiger partial charge in [-0.2, -0.15) is 5.26 Å². The summed E-state index contributed by atoms with van der Waals surface area (Å²) in [6, 6.07) is 2.10. The van der Waals surface area contributed by atoms with Gasteiger partial charge >= 0.3 is 0 Å². The fraction of sp³-hybridized carbons (Fsp3) is 0.500. The first kappa shape index (κ1) is 9.46. The Kier molecular flexibility index (Phi) is 1.84. The summed E-state index contributed by atoms with van der Waals surface area (Å²) < 4.78 is 5.39. The molecule has 0 aromatic rings. The van der Waals surface area contributed by atoms with Gasteiger partial charge in [0.25, 0.3) is 0 Å². The fourth-order valence-corrected chi connectivity index (χ4v) is 2.62. The fourth-order valence-electron chi connectivity index (χ4n) is 2.62. The first-order chi connectivity index (χ1) is 7.72. The van der Waals surface area contributed by atoms with E-state index in [0.717, 1.165) is 18.4 Å². The van der Waals surface area contributed by atoms with Crippen molar-refractivity contribution >= 4 is 5.78 Å². The van der Waals surface area contributed by atoms with Gasteiger partial charge in [0.05, 0.1) is 5.57 Å². The van der Waals surface area contributed by atoms with Crippen LogP contribution < -0.4 is 5.73 Å². The Morgan fingerprint density at radius 3 is 2.75 bits per heavy atom. The molecular weight excluding hydrogens is 204 g/mol. The van der Waals surface area contributed by atoms with Crippen molar-refractivity contribution in [2.45, 2.75) is 25.7 Å². The average Bonchev–Trinajstić information content (AvgIpc) is 3.03. The molecule has 82 valence electrons. The monoisotopic (exact) mass is 216 g/mol. The number of rotatable bonds is 1. The van der Waals surface area contributed by atoms with Crippen LogP contribution in [0.25, 0.3) is 0 Å². The smallest absolute Gasteiger partial charge is 0.204 e. The van der Waals surface area contributed by atoms with E-state index >= 15 is 0 Å². The van der Waals surface area contributed by atoms with E-state index in [0.29, 0.717) is 30.1 Å². The largest absolute Gasteiger partial charge is 0.444 e. The second kappa shape index (κ2) is 3.11. The highest BCUT2D eigenvalue weighted by Crippen LogP contribution is 2.50. The van der Waals surface area contributed by atoms with Crippen molar-refractivity contribution in [1.82, 2.24) is 0 Å². The Hall–Kier alpha value is -1.76. The van der Waals surface area contributed by atoms with Crippen LogP contribution in [0.1, 0.15) is 25.7 Å². The van der Waals surface area contributed by atoms with Crippen LogP contribution in [-0.4, -0.2) is 5.78 Å². The average molecular weight is 216 g/mol. The third-order valence-corrected chi connectivity index (χ3v) is 3.51. The van der Waals surface area contributed by atoms with Crippen molar-refractivity contribution in [2.75, 3.05) is 0 Å². The third-order valence-electron chi connectivity index (χ3n) is 3.51. The molecule has 0 saturated heterocycles. The Labute approximate surface area is 93.4 Å². The summed E-state index contributed by atoms with van der Waals surface area (Å²) in [7, 11) is 0.